The molecule has 1 aliphatic heterocycles. The molecule has 2 aromatic heterocycles. The van der Waals surface area contributed by atoms with Gasteiger partial charge in [-0.3, -0.25) is 4.79 Å². The number of rotatable bonds is 3. The maximum atomic E-state index is 11.6. The minimum absolute atomic E-state index is 0.0863. The number of aryl methyl sites for hydroxylation is 1. The summed E-state index contributed by atoms with van der Waals surface area (Å²) >= 11 is 0. The monoisotopic (exact) mass is 366 g/mol. The zero-order chi connectivity index (χ0) is 19.0. The Balaban J connectivity index is 1.53. The first-order valence-electron chi connectivity index (χ1n) is 9.03. The number of amides is 1. The summed E-state index contributed by atoms with van der Waals surface area (Å²) < 4.78 is 7.18. The normalized spacial score (nSPS) is 17.3. The molecule has 0 radical (unpaired) electrons. The molecule has 1 fully saturated rings. The summed E-state index contributed by atoms with van der Waals surface area (Å²) in [6.07, 6.45) is 1.89. The molecule has 0 saturated carbocycles. The molecule has 1 unspecified atom stereocenters. The highest BCUT2D eigenvalue weighted by atomic mass is 16.5. The van der Waals surface area contributed by atoms with E-state index in [0.717, 1.165) is 36.3 Å². The number of nitrogens with zero attached hydrogens (tertiary/aromatic N) is 5. The minimum Gasteiger partial charge on any atom is -0.384 e. The third-order valence-corrected chi connectivity index (χ3v) is 4.89. The van der Waals surface area contributed by atoms with Gasteiger partial charge in [0, 0.05) is 31.6 Å². The van der Waals surface area contributed by atoms with Crippen LogP contribution in [-0.2, 0) is 4.79 Å². The highest BCUT2D eigenvalue weighted by molar-refractivity contribution is 5.73. The van der Waals surface area contributed by atoms with Crippen LogP contribution in [0.15, 0.2) is 34.9 Å². The van der Waals surface area contributed by atoms with E-state index < -0.39 is 0 Å². The zero-order valence-electron chi connectivity index (χ0n) is 15.4. The van der Waals surface area contributed by atoms with E-state index in [9.17, 15) is 4.79 Å². The van der Waals surface area contributed by atoms with Gasteiger partial charge in [0.15, 0.2) is 0 Å². The van der Waals surface area contributed by atoms with Gasteiger partial charge in [0.1, 0.15) is 5.82 Å². The average Bonchev–Trinajstić information content (AvgIpc) is 3.28. The lowest BCUT2D eigenvalue weighted by Gasteiger charge is -2.29. The number of anilines is 1. The van der Waals surface area contributed by atoms with Gasteiger partial charge in [-0.1, -0.05) is 5.16 Å². The number of piperidine rings is 1. The van der Waals surface area contributed by atoms with Crippen LogP contribution >= 0.6 is 0 Å². The smallest absolute Gasteiger partial charge is 0.231 e. The van der Waals surface area contributed by atoms with E-state index in [-0.39, 0.29) is 11.8 Å². The van der Waals surface area contributed by atoms with Crippen molar-refractivity contribution in [1.29, 1.82) is 0 Å². The van der Waals surface area contributed by atoms with Crippen molar-refractivity contribution in [3.8, 4) is 17.1 Å². The van der Waals surface area contributed by atoms with Crippen LogP contribution in [0.1, 0.15) is 37.3 Å². The average molecular weight is 366 g/mol. The highest BCUT2D eigenvalue weighted by Crippen LogP contribution is 2.28. The minimum atomic E-state index is 0.0863. The van der Waals surface area contributed by atoms with Crippen LogP contribution in [0.2, 0.25) is 0 Å². The number of likely N-dealkylation sites (tertiary alicyclic amines) is 1. The number of nitrogens with two attached hydrogens (primary N) is 1. The van der Waals surface area contributed by atoms with Gasteiger partial charge in [-0.25, -0.2) is 4.68 Å². The Morgan fingerprint density at radius 3 is 2.74 bits per heavy atom. The van der Waals surface area contributed by atoms with Crippen molar-refractivity contribution in [3.63, 3.8) is 0 Å². The van der Waals surface area contributed by atoms with E-state index in [1.54, 1.807) is 11.6 Å². The Morgan fingerprint density at radius 1 is 1.30 bits per heavy atom. The molecule has 1 amide bonds. The lowest BCUT2D eigenvalue weighted by Crippen LogP contribution is -2.37. The summed E-state index contributed by atoms with van der Waals surface area (Å²) in [6, 6.07) is 9.51. The fourth-order valence-electron chi connectivity index (χ4n) is 3.46. The molecule has 4 rings (SSSR count). The van der Waals surface area contributed by atoms with Crippen LogP contribution in [0.5, 0.6) is 0 Å². The molecule has 1 aliphatic rings. The fourth-order valence-corrected chi connectivity index (χ4v) is 3.46. The second-order valence-corrected chi connectivity index (χ2v) is 6.93. The summed E-state index contributed by atoms with van der Waals surface area (Å²) in [4.78, 5) is 18.0. The van der Waals surface area contributed by atoms with Crippen molar-refractivity contribution in [2.75, 3.05) is 18.8 Å². The van der Waals surface area contributed by atoms with E-state index >= 15 is 0 Å². The third-order valence-electron chi connectivity index (χ3n) is 4.89. The zero-order valence-corrected chi connectivity index (χ0v) is 15.4. The lowest BCUT2D eigenvalue weighted by atomic mass is 9.98. The van der Waals surface area contributed by atoms with Gasteiger partial charge in [0.2, 0.25) is 17.6 Å². The summed E-state index contributed by atoms with van der Waals surface area (Å²) in [5.74, 6) is 1.90. The van der Waals surface area contributed by atoms with Gasteiger partial charge in [-0.15, -0.1) is 0 Å². The molecule has 0 spiro atoms. The standard InChI is InChI=1S/C19H22N6O2/c1-12-10-17(20)25(22-12)16-7-5-14(6-8-16)18-21-19(27-23-18)15-4-3-9-24(11-15)13(2)26/h5-8,10,15H,3-4,9,11,20H2,1-2H3. The van der Waals surface area contributed by atoms with E-state index in [2.05, 4.69) is 15.2 Å². The Hall–Kier alpha value is -3.16. The van der Waals surface area contributed by atoms with Crippen LogP contribution in [0.3, 0.4) is 0 Å². The molecule has 8 nitrogen and oxygen atoms in total. The topological polar surface area (TPSA) is 103 Å². The van der Waals surface area contributed by atoms with Gasteiger partial charge in [0.05, 0.1) is 17.3 Å². The Morgan fingerprint density at radius 2 is 2.07 bits per heavy atom. The predicted molar refractivity (Wildman–Crippen MR) is 100 cm³/mol. The molecule has 1 saturated heterocycles. The molecule has 140 valence electrons. The van der Waals surface area contributed by atoms with Crippen LogP contribution in [0.4, 0.5) is 5.82 Å². The second kappa shape index (κ2) is 6.86. The van der Waals surface area contributed by atoms with Crippen molar-refractivity contribution < 1.29 is 9.32 Å². The molecule has 27 heavy (non-hydrogen) atoms. The largest absolute Gasteiger partial charge is 0.384 e. The van der Waals surface area contributed by atoms with Crippen molar-refractivity contribution in [2.24, 2.45) is 0 Å². The molecule has 1 aromatic carbocycles. The highest BCUT2D eigenvalue weighted by Gasteiger charge is 2.27. The quantitative estimate of drug-likeness (QED) is 0.764. The predicted octanol–water partition coefficient (Wildman–Crippen LogP) is 2.54. The Kier molecular flexibility index (Phi) is 4.39. The molecule has 0 aliphatic carbocycles. The summed E-state index contributed by atoms with van der Waals surface area (Å²) in [7, 11) is 0. The first-order chi connectivity index (χ1) is 13.0. The van der Waals surface area contributed by atoms with Crippen molar-refractivity contribution >= 4 is 11.7 Å². The Bertz CT molecular complexity index is 959. The SMILES string of the molecule is CC(=O)N1CCCC(c2nc(-c3ccc(-n4nc(C)cc4N)cc3)no2)C1. The lowest BCUT2D eigenvalue weighted by molar-refractivity contribution is -0.130. The summed E-state index contributed by atoms with van der Waals surface area (Å²) in [5, 5.41) is 8.50. The van der Waals surface area contributed by atoms with Gasteiger partial charge in [-0.05, 0) is 44.0 Å². The Labute approximate surface area is 157 Å². The van der Waals surface area contributed by atoms with Crippen LogP contribution in [-0.4, -0.2) is 43.8 Å². The van der Waals surface area contributed by atoms with Gasteiger partial charge >= 0.3 is 0 Å². The maximum absolute atomic E-state index is 11.6. The number of hydrogen-bond acceptors (Lipinski definition) is 6. The number of nitrogen functional groups attached to an aromatic ring is 1. The molecule has 8 heteroatoms. The van der Waals surface area contributed by atoms with Gasteiger partial charge < -0.3 is 15.2 Å². The van der Waals surface area contributed by atoms with Crippen molar-refractivity contribution in [2.45, 2.75) is 32.6 Å². The first kappa shape index (κ1) is 17.3. The van der Waals surface area contributed by atoms with Gasteiger partial charge in [0.25, 0.3) is 0 Å². The molecule has 0 bridgehead atoms. The molecule has 3 heterocycles. The van der Waals surface area contributed by atoms with E-state index in [0.29, 0.717) is 24.1 Å². The van der Waals surface area contributed by atoms with E-state index in [1.165, 1.54) is 0 Å². The summed E-state index contributed by atoms with van der Waals surface area (Å²) in [6.45, 7) is 4.93. The molecular weight excluding hydrogens is 344 g/mol. The van der Waals surface area contributed by atoms with Gasteiger partial charge in [-0.2, -0.15) is 10.1 Å². The molecule has 2 N–H and O–H groups in total. The van der Waals surface area contributed by atoms with E-state index in [1.807, 2.05) is 42.2 Å². The number of carbonyl (C=O) groups is 1. The molecular formula is C19H22N6O2. The number of hydrogen-bond donors (Lipinski definition) is 1. The molecule has 3 aromatic rings. The van der Waals surface area contributed by atoms with Crippen molar-refractivity contribution in [1.82, 2.24) is 24.8 Å². The van der Waals surface area contributed by atoms with Crippen LogP contribution in [0, 0.1) is 6.92 Å². The summed E-state index contributed by atoms with van der Waals surface area (Å²) in [5.41, 5.74) is 8.57. The number of aromatic nitrogens is 4. The third kappa shape index (κ3) is 3.42. The number of benzene rings is 1. The van der Waals surface area contributed by atoms with Crippen molar-refractivity contribution in [3.05, 3.63) is 41.9 Å². The van der Waals surface area contributed by atoms with E-state index in [4.69, 9.17) is 10.3 Å². The molecule has 1 atom stereocenters. The second-order valence-electron chi connectivity index (χ2n) is 6.93. The van der Waals surface area contributed by atoms with Crippen LogP contribution < -0.4 is 5.73 Å². The maximum Gasteiger partial charge on any atom is 0.231 e. The number of carbonyl (C=O) groups excluding carboxylic acids is 1. The van der Waals surface area contributed by atoms with Crippen LogP contribution in [0.25, 0.3) is 17.1 Å². The fraction of sp³-hybridized carbons (Fsp3) is 0.368. The first-order valence-corrected chi connectivity index (χ1v) is 9.03.